The second-order valence-corrected chi connectivity index (χ2v) is 15.3. The molecule has 0 unspecified atom stereocenters. The largest absolute Gasteiger partial charge is 0.468 e. The minimum Gasteiger partial charge on any atom is -0.468 e. The van der Waals surface area contributed by atoms with E-state index in [4.69, 9.17) is 9.16 Å². The van der Waals surface area contributed by atoms with E-state index in [9.17, 15) is 9.59 Å². The summed E-state index contributed by atoms with van der Waals surface area (Å²) in [6, 6.07) is 7.40. The fourth-order valence-corrected chi connectivity index (χ4v) is 5.42. The molecule has 1 aliphatic rings. The van der Waals surface area contributed by atoms with E-state index >= 15 is 0 Å². The predicted molar refractivity (Wildman–Crippen MR) is 123 cm³/mol. The summed E-state index contributed by atoms with van der Waals surface area (Å²) in [6.45, 7) is 14.8. The molecule has 4 nitrogen and oxygen atoms in total. The zero-order chi connectivity index (χ0) is 22.2. The van der Waals surface area contributed by atoms with Gasteiger partial charge in [0.2, 0.25) is 0 Å². The van der Waals surface area contributed by atoms with Gasteiger partial charge in [0.25, 0.3) is 0 Å². The summed E-state index contributed by atoms with van der Waals surface area (Å²) in [4.78, 5) is 26.9. The maximum atomic E-state index is 13.7. The highest BCUT2D eigenvalue weighted by Gasteiger charge is 2.55. The number of hydrogen-bond acceptors (Lipinski definition) is 4. The molecule has 0 heterocycles. The lowest BCUT2D eigenvalue weighted by atomic mass is 9.65. The van der Waals surface area contributed by atoms with Gasteiger partial charge in [-0.25, -0.2) is 0 Å². The zero-order valence-corrected chi connectivity index (χ0v) is 21.4. The zero-order valence-electron chi connectivity index (χ0n) is 18.8. The van der Waals surface area contributed by atoms with Gasteiger partial charge >= 0.3 is 5.97 Å². The molecule has 1 fully saturated rings. The maximum absolute atomic E-state index is 13.7. The Morgan fingerprint density at radius 2 is 1.86 bits per heavy atom. The average molecular weight is 482 g/mol. The summed E-state index contributed by atoms with van der Waals surface area (Å²) < 4.78 is 12.7. The molecule has 2 atom stereocenters. The third-order valence-corrected chi connectivity index (χ3v) is 11.4. The van der Waals surface area contributed by atoms with Gasteiger partial charge in [-0.05, 0) is 55.2 Å². The first-order chi connectivity index (χ1) is 13.3. The van der Waals surface area contributed by atoms with Crippen molar-refractivity contribution in [2.45, 2.75) is 77.1 Å². The summed E-state index contributed by atoms with van der Waals surface area (Å²) in [5.41, 5.74) is 0.842. The number of esters is 1. The van der Waals surface area contributed by atoms with Crippen LogP contribution in [0.3, 0.4) is 0 Å². The molecule has 0 saturated heterocycles. The quantitative estimate of drug-likeness (QED) is 0.231. The van der Waals surface area contributed by atoms with Crippen LogP contribution in [0.1, 0.15) is 53.0 Å². The lowest BCUT2D eigenvalue weighted by molar-refractivity contribution is -0.153. The van der Waals surface area contributed by atoms with Crippen LogP contribution in [-0.4, -0.2) is 33.3 Å². The summed E-state index contributed by atoms with van der Waals surface area (Å²) >= 11 is 3.48. The Morgan fingerprint density at radius 3 is 2.34 bits per heavy atom. The summed E-state index contributed by atoms with van der Waals surface area (Å²) in [7, 11) is -0.750. The Bertz CT molecular complexity index is 834. The molecule has 0 bridgehead atoms. The molecule has 1 saturated carbocycles. The number of allylic oxidation sites excluding steroid dienone is 1. The number of rotatable bonds is 4. The van der Waals surface area contributed by atoms with E-state index in [1.54, 1.807) is 0 Å². The van der Waals surface area contributed by atoms with Crippen LogP contribution >= 0.6 is 15.9 Å². The molecule has 160 valence electrons. The highest BCUT2D eigenvalue weighted by Crippen LogP contribution is 2.46. The van der Waals surface area contributed by atoms with E-state index in [2.05, 4.69) is 49.8 Å². The van der Waals surface area contributed by atoms with Crippen LogP contribution in [0.5, 0.6) is 0 Å². The first-order valence-corrected chi connectivity index (χ1v) is 13.7. The van der Waals surface area contributed by atoms with E-state index in [0.717, 1.165) is 10.0 Å². The first-order valence-electron chi connectivity index (χ1n) is 9.99. The second-order valence-electron chi connectivity index (χ2n) is 9.62. The molecule has 0 aromatic heterocycles. The number of ketones is 1. The molecule has 1 aliphatic carbocycles. The van der Waals surface area contributed by atoms with Gasteiger partial charge in [-0.3, -0.25) is 9.59 Å². The highest BCUT2D eigenvalue weighted by molar-refractivity contribution is 9.10. The Kier molecular flexibility index (Phi) is 7.03. The molecule has 1 aromatic rings. The van der Waals surface area contributed by atoms with Gasteiger partial charge in [0, 0.05) is 17.3 Å². The van der Waals surface area contributed by atoms with Gasteiger partial charge in [-0.15, -0.1) is 0 Å². The standard InChI is InChI=1S/C23H33BrO4Si/c1-15(2)19-13-18(28-29(7,8)22(3,4)5)14-23(20(19)25,21(26)27-6)16-10-9-11-17(24)12-16/h9-12,18H,13-14H2,1-8H3/t18-,23+/m0/s1. The molecule has 0 aliphatic heterocycles. The lowest BCUT2D eigenvalue weighted by Gasteiger charge is -2.44. The Balaban J connectivity index is 2.66. The molecule has 0 radical (unpaired) electrons. The minimum atomic E-state index is -2.09. The Hall–Kier alpha value is -1.24. The smallest absolute Gasteiger partial charge is 0.324 e. The van der Waals surface area contributed by atoms with Crippen molar-refractivity contribution in [3.05, 3.63) is 45.4 Å². The fraction of sp³-hybridized carbons (Fsp3) is 0.565. The summed E-state index contributed by atoms with van der Waals surface area (Å²) in [5, 5.41) is 0.0310. The van der Waals surface area contributed by atoms with Crippen molar-refractivity contribution in [3.63, 3.8) is 0 Å². The molecule has 0 N–H and O–H groups in total. The third kappa shape index (κ3) is 4.59. The molecule has 0 spiro atoms. The molecule has 1 aromatic carbocycles. The van der Waals surface area contributed by atoms with E-state index in [1.807, 2.05) is 38.1 Å². The Morgan fingerprint density at radius 1 is 1.24 bits per heavy atom. The third-order valence-electron chi connectivity index (χ3n) is 6.35. The second kappa shape index (κ2) is 8.48. The van der Waals surface area contributed by atoms with E-state index < -0.39 is 19.7 Å². The monoisotopic (exact) mass is 480 g/mol. The van der Waals surface area contributed by atoms with Crippen LogP contribution in [-0.2, 0) is 24.2 Å². The number of benzene rings is 1. The molecule has 0 amide bonds. The topological polar surface area (TPSA) is 52.6 Å². The van der Waals surface area contributed by atoms with Crippen molar-refractivity contribution in [3.8, 4) is 0 Å². The lowest BCUT2D eigenvalue weighted by Crippen LogP contribution is -2.54. The van der Waals surface area contributed by atoms with Crippen molar-refractivity contribution in [2.75, 3.05) is 7.11 Å². The van der Waals surface area contributed by atoms with Crippen molar-refractivity contribution in [2.24, 2.45) is 0 Å². The Labute approximate surface area is 184 Å². The number of ether oxygens (including phenoxy) is 1. The van der Waals surface area contributed by atoms with Gasteiger partial charge in [0.15, 0.2) is 19.5 Å². The van der Waals surface area contributed by atoms with E-state index in [-0.39, 0.29) is 23.3 Å². The molecular formula is C23H33BrO4Si. The van der Waals surface area contributed by atoms with E-state index in [0.29, 0.717) is 17.6 Å². The van der Waals surface area contributed by atoms with Gasteiger partial charge < -0.3 is 9.16 Å². The van der Waals surface area contributed by atoms with Crippen LogP contribution in [0.25, 0.3) is 0 Å². The highest BCUT2D eigenvalue weighted by atomic mass is 79.9. The van der Waals surface area contributed by atoms with Crippen LogP contribution < -0.4 is 0 Å². The number of carbonyl (C=O) groups excluding carboxylic acids is 2. The summed E-state index contributed by atoms with van der Waals surface area (Å²) in [6.07, 6.45) is 0.593. The minimum absolute atomic E-state index is 0.0310. The normalized spacial score (nSPS) is 23.1. The summed E-state index contributed by atoms with van der Waals surface area (Å²) in [5.74, 6) is -0.694. The van der Waals surface area contributed by atoms with Crippen molar-refractivity contribution >= 4 is 36.0 Å². The molecule has 2 rings (SSSR count). The van der Waals surface area contributed by atoms with Crippen LogP contribution in [0.2, 0.25) is 18.1 Å². The maximum Gasteiger partial charge on any atom is 0.324 e. The van der Waals surface area contributed by atoms with E-state index in [1.165, 1.54) is 7.11 Å². The average Bonchev–Trinajstić information content (AvgIpc) is 2.60. The van der Waals surface area contributed by atoms with Crippen LogP contribution in [0.4, 0.5) is 0 Å². The van der Waals surface area contributed by atoms with Crippen molar-refractivity contribution in [1.29, 1.82) is 0 Å². The molecular weight excluding hydrogens is 448 g/mol. The molecule has 29 heavy (non-hydrogen) atoms. The van der Waals surface area contributed by atoms with Gasteiger partial charge in [0.1, 0.15) is 0 Å². The number of halogens is 1. The SMILES string of the molecule is COC(=O)[C@@]1(c2cccc(Br)c2)C[C@@H](O[Si](C)(C)C(C)(C)C)CC(=C(C)C)C1=O. The van der Waals surface area contributed by atoms with Crippen LogP contribution in [0, 0.1) is 0 Å². The number of methoxy groups -OCH3 is 1. The number of carbonyl (C=O) groups is 2. The predicted octanol–water partition coefficient (Wildman–Crippen LogP) is 5.95. The van der Waals surface area contributed by atoms with Crippen molar-refractivity contribution < 1.29 is 18.8 Å². The van der Waals surface area contributed by atoms with Crippen molar-refractivity contribution in [1.82, 2.24) is 0 Å². The first kappa shape index (κ1) is 24.0. The van der Waals surface area contributed by atoms with Gasteiger partial charge in [0.05, 0.1) is 13.2 Å². The van der Waals surface area contributed by atoms with Gasteiger partial charge in [-0.2, -0.15) is 0 Å². The number of Topliss-reactive ketones (excluding diaryl/α,β-unsaturated/α-hetero) is 1. The molecule has 6 heteroatoms. The van der Waals surface area contributed by atoms with Crippen LogP contribution in [0.15, 0.2) is 39.9 Å². The number of hydrogen-bond donors (Lipinski definition) is 0. The van der Waals surface area contributed by atoms with Gasteiger partial charge in [-0.1, -0.05) is 54.4 Å². The fourth-order valence-electron chi connectivity index (χ4n) is 3.66.